The number of methoxy groups -OCH3 is 1. The Kier molecular flexibility index (Phi) is 3.52. The molecule has 1 atom stereocenters. The maximum atomic E-state index is 5.92. The van der Waals surface area contributed by atoms with Gasteiger partial charge in [0.15, 0.2) is 0 Å². The highest BCUT2D eigenvalue weighted by atomic mass is 16.5. The highest BCUT2D eigenvalue weighted by Crippen LogP contribution is 2.22. The van der Waals surface area contributed by atoms with Crippen LogP contribution in [0.15, 0.2) is 6.20 Å². The van der Waals surface area contributed by atoms with E-state index in [9.17, 15) is 0 Å². The Bertz CT molecular complexity index is 294. The molecule has 0 spiro atoms. The molecule has 0 aliphatic heterocycles. The lowest BCUT2D eigenvalue weighted by molar-refractivity contribution is 0.128. The SMILES string of the molecule is COCC(C(C)C)n1ncc(C)c1N. The minimum absolute atomic E-state index is 0.216. The average molecular weight is 197 g/mol. The normalized spacial score (nSPS) is 13.5. The number of nitrogens with zero attached hydrogens (tertiary/aromatic N) is 2. The molecule has 1 unspecified atom stereocenters. The summed E-state index contributed by atoms with van der Waals surface area (Å²) in [5, 5.41) is 4.27. The van der Waals surface area contributed by atoms with Gasteiger partial charge in [0.1, 0.15) is 5.82 Å². The Morgan fingerprint density at radius 2 is 2.21 bits per heavy atom. The van der Waals surface area contributed by atoms with Gasteiger partial charge < -0.3 is 10.5 Å². The molecular weight excluding hydrogens is 178 g/mol. The van der Waals surface area contributed by atoms with Gasteiger partial charge in [-0.05, 0) is 12.8 Å². The number of ether oxygens (including phenoxy) is 1. The fourth-order valence-corrected chi connectivity index (χ4v) is 1.44. The first-order chi connectivity index (χ1) is 6.57. The molecule has 0 fully saturated rings. The average Bonchev–Trinajstić information content (AvgIpc) is 2.44. The summed E-state index contributed by atoms with van der Waals surface area (Å²) in [6, 6.07) is 0.216. The number of nitrogens with two attached hydrogens (primary N) is 1. The van der Waals surface area contributed by atoms with E-state index in [4.69, 9.17) is 10.5 Å². The van der Waals surface area contributed by atoms with E-state index in [0.29, 0.717) is 12.5 Å². The van der Waals surface area contributed by atoms with Crippen molar-refractivity contribution in [2.24, 2.45) is 5.92 Å². The van der Waals surface area contributed by atoms with Gasteiger partial charge in [-0.3, -0.25) is 0 Å². The van der Waals surface area contributed by atoms with Crippen LogP contribution in [0.5, 0.6) is 0 Å². The van der Waals surface area contributed by atoms with Crippen molar-refractivity contribution in [1.29, 1.82) is 0 Å². The minimum Gasteiger partial charge on any atom is -0.384 e. The van der Waals surface area contributed by atoms with Crippen molar-refractivity contribution >= 4 is 5.82 Å². The summed E-state index contributed by atoms with van der Waals surface area (Å²) in [6.07, 6.45) is 1.79. The summed E-state index contributed by atoms with van der Waals surface area (Å²) in [5.74, 6) is 1.19. The molecule has 0 amide bonds. The first-order valence-electron chi connectivity index (χ1n) is 4.86. The Labute approximate surface area is 85.0 Å². The maximum Gasteiger partial charge on any atom is 0.125 e. The highest BCUT2D eigenvalue weighted by Gasteiger charge is 2.18. The van der Waals surface area contributed by atoms with E-state index in [-0.39, 0.29) is 6.04 Å². The number of hydrogen-bond donors (Lipinski definition) is 1. The Balaban J connectivity index is 2.93. The molecule has 0 aliphatic rings. The van der Waals surface area contributed by atoms with Crippen molar-refractivity contribution in [3.05, 3.63) is 11.8 Å². The van der Waals surface area contributed by atoms with Gasteiger partial charge in [0.2, 0.25) is 0 Å². The van der Waals surface area contributed by atoms with Gasteiger partial charge >= 0.3 is 0 Å². The maximum absolute atomic E-state index is 5.92. The van der Waals surface area contributed by atoms with Crippen LogP contribution < -0.4 is 5.73 Å². The van der Waals surface area contributed by atoms with E-state index in [2.05, 4.69) is 18.9 Å². The summed E-state index contributed by atoms with van der Waals surface area (Å²) in [6.45, 7) is 6.88. The third-order valence-electron chi connectivity index (χ3n) is 2.45. The number of hydrogen-bond acceptors (Lipinski definition) is 3. The van der Waals surface area contributed by atoms with Crippen LogP contribution in [-0.2, 0) is 4.74 Å². The van der Waals surface area contributed by atoms with Gasteiger partial charge in [0, 0.05) is 12.7 Å². The quantitative estimate of drug-likeness (QED) is 0.798. The molecule has 1 heterocycles. The second-order valence-electron chi connectivity index (χ2n) is 3.92. The molecule has 1 aromatic rings. The van der Waals surface area contributed by atoms with Crippen molar-refractivity contribution < 1.29 is 4.74 Å². The molecule has 0 saturated carbocycles. The Hall–Kier alpha value is -1.03. The fraction of sp³-hybridized carbons (Fsp3) is 0.700. The van der Waals surface area contributed by atoms with Crippen molar-refractivity contribution in [3.8, 4) is 0 Å². The van der Waals surface area contributed by atoms with Gasteiger partial charge in [-0.25, -0.2) is 4.68 Å². The fourth-order valence-electron chi connectivity index (χ4n) is 1.44. The molecule has 0 radical (unpaired) electrons. The summed E-state index contributed by atoms with van der Waals surface area (Å²) >= 11 is 0. The van der Waals surface area contributed by atoms with Crippen molar-refractivity contribution in [1.82, 2.24) is 9.78 Å². The smallest absolute Gasteiger partial charge is 0.125 e. The van der Waals surface area contributed by atoms with Crippen molar-refractivity contribution in [3.63, 3.8) is 0 Å². The Morgan fingerprint density at radius 3 is 2.57 bits per heavy atom. The first kappa shape index (κ1) is 11.0. The van der Waals surface area contributed by atoms with E-state index in [1.54, 1.807) is 13.3 Å². The second kappa shape index (κ2) is 4.46. The molecule has 80 valence electrons. The second-order valence-corrected chi connectivity index (χ2v) is 3.92. The summed E-state index contributed by atoms with van der Waals surface area (Å²) in [7, 11) is 1.70. The third kappa shape index (κ3) is 2.07. The van der Waals surface area contributed by atoms with Crippen LogP contribution in [0.3, 0.4) is 0 Å². The first-order valence-corrected chi connectivity index (χ1v) is 4.86. The van der Waals surface area contributed by atoms with Crippen LogP contribution in [-0.4, -0.2) is 23.5 Å². The number of nitrogen functional groups attached to an aromatic ring is 1. The molecule has 0 saturated heterocycles. The number of aryl methyl sites for hydroxylation is 1. The zero-order chi connectivity index (χ0) is 10.7. The minimum atomic E-state index is 0.216. The van der Waals surface area contributed by atoms with Gasteiger partial charge in [0.05, 0.1) is 18.8 Å². The Morgan fingerprint density at radius 1 is 1.57 bits per heavy atom. The monoisotopic (exact) mass is 197 g/mol. The summed E-state index contributed by atoms with van der Waals surface area (Å²) in [5.41, 5.74) is 6.94. The molecule has 1 aromatic heterocycles. The lowest BCUT2D eigenvalue weighted by Gasteiger charge is -2.21. The van der Waals surface area contributed by atoms with E-state index >= 15 is 0 Å². The zero-order valence-electron chi connectivity index (χ0n) is 9.32. The number of rotatable bonds is 4. The van der Waals surface area contributed by atoms with Crippen LogP contribution in [0.4, 0.5) is 5.82 Å². The van der Waals surface area contributed by atoms with Gasteiger partial charge in [-0.2, -0.15) is 5.10 Å². The predicted molar refractivity (Wildman–Crippen MR) is 57.1 cm³/mol. The highest BCUT2D eigenvalue weighted by molar-refractivity contribution is 5.37. The molecular formula is C10H19N3O. The number of anilines is 1. The molecule has 1 rings (SSSR count). The van der Waals surface area contributed by atoms with Crippen molar-refractivity contribution in [2.45, 2.75) is 26.8 Å². The largest absolute Gasteiger partial charge is 0.384 e. The zero-order valence-corrected chi connectivity index (χ0v) is 9.32. The van der Waals surface area contributed by atoms with Crippen LogP contribution in [0.25, 0.3) is 0 Å². The molecule has 4 heteroatoms. The third-order valence-corrected chi connectivity index (χ3v) is 2.45. The molecule has 14 heavy (non-hydrogen) atoms. The topological polar surface area (TPSA) is 53.1 Å². The van der Waals surface area contributed by atoms with Crippen LogP contribution in [0.1, 0.15) is 25.5 Å². The lowest BCUT2D eigenvalue weighted by Crippen LogP contribution is -2.22. The molecule has 0 aliphatic carbocycles. The van der Waals surface area contributed by atoms with E-state index in [1.165, 1.54) is 0 Å². The van der Waals surface area contributed by atoms with Gasteiger partial charge in [-0.15, -0.1) is 0 Å². The molecule has 0 aromatic carbocycles. The van der Waals surface area contributed by atoms with Crippen LogP contribution in [0, 0.1) is 12.8 Å². The van der Waals surface area contributed by atoms with E-state index in [1.807, 2.05) is 11.6 Å². The molecule has 0 bridgehead atoms. The van der Waals surface area contributed by atoms with Gasteiger partial charge in [-0.1, -0.05) is 13.8 Å². The van der Waals surface area contributed by atoms with E-state index in [0.717, 1.165) is 11.4 Å². The van der Waals surface area contributed by atoms with Crippen molar-refractivity contribution in [2.75, 3.05) is 19.5 Å². The standard InChI is InChI=1S/C10H19N3O/c1-7(2)9(6-14-4)13-10(11)8(3)5-12-13/h5,7,9H,6,11H2,1-4H3. The van der Waals surface area contributed by atoms with E-state index < -0.39 is 0 Å². The lowest BCUT2D eigenvalue weighted by atomic mass is 10.1. The van der Waals surface area contributed by atoms with Crippen LogP contribution >= 0.6 is 0 Å². The molecule has 2 N–H and O–H groups in total. The van der Waals surface area contributed by atoms with Gasteiger partial charge in [0.25, 0.3) is 0 Å². The summed E-state index contributed by atoms with van der Waals surface area (Å²) in [4.78, 5) is 0. The van der Waals surface area contributed by atoms with Crippen LogP contribution in [0.2, 0.25) is 0 Å². The number of aromatic nitrogens is 2. The summed E-state index contributed by atoms with van der Waals surface area (Å²) < 4.78 is 7.02. The predicted octanol–water partition coefficient (Wildman–Crippen LogP) is 1.62. The molecule has 4 nitrogen and oxygen atoms in total.